The lowest BCUT2D eigenvalue weighted by Crippen LogP contribution is -2.58. The predicted octanol–water partition coefficient (Wildman–Crippen LogP) is 10.2. The molecule has 0 aromatic heterocycles. The summed E-state index contributed by atoms with van der Waals surface area (Å²) in [4.78, 5) is 0. The highest BCUT2D eigenvalue weighted by atomic mass is 35.5. The number of hydrogen-bond donors (Lipinski definition) is 1. The average molecular weight is 799 g/mol. The number of aliphatic hydroxyl groups excluding tert-OH is 1. The Labute approximate surface area is 347 Å². The van der Waals surface area contributed by atoms with E-state index in [4.69, 9.17) is 40.0 Å². The zero-order valence-corrected chi connectivity index (χ0v) is 33.6. The molecular weight excluding hydrogens is 748 g/mol. The zero-order valence-electron chi connectivity index (χ0n) is 32.8. The molecule has 0 radical (unpaired) electrons. The maximum Gasteiger partial charge on any atom is 0.119 e. The van der Waals surface area contributed by atoms with Gasteiger partial charge in [-0.15, -0.1) is 0 Å². The first kappa shape index (κ1) is 41.3. The topological polar surface area (TPSA) is 75.6 Å². The van der Waals surface area contributed by atoms with E-state index in [0.717, 1.165) is 44.7 Å². The van der Waals surface area contributed by atoms with Crippen molar-refractivity contribution < 1.29 is 33.5 Å². The third-order valence-corrected chi connectivity index (χ3v) is 10.6. The molecule has 1 saturated heterocycles. The van der Waals surface area contributed by atoms with E-state index in [2.05, 4.69) is 6.07 Å². The zero-order chi connectivity index (χ0) is 39.9. The summed E-state index contributed by atoms with van der Waals surface area (Å²) in [5.41, 5.74) is 7.48. The normalized spacial score (nSPS) is 19.2. The van der Waals surface area contributed by atoms with Crippen molar-refractivity contribution in [1.29, 1.82) is 0 Å². The molecule has 1 N–H and O–H groups in total. The van der Waals surface area contributed by atoms with Gasteiger partial charge in [0.1, 0.15) is 36.3 Å². The summed E-state index contributed by atoms with van der Waals surface area (Å²) in [6.45, 7) is 3.90. The van der Waals surface area contributed by atoms with E-state index in [1.165, 1.54) is 0 Å². The molecule has 0 aliphatic carbocycles. The largest absolute Gasteiger partial charge is 0.494 e. The summed E-state index contributed by atoms with van der Waals surface area (Å²) in [6, 6.07) is 52.3. The Kier molecular flexibility index (Phi) is 15.1. The average Bonchev–Trinajstić information content (AvgIpc) is 3.27. The van der Waals surface area contributed by atoms with E-state index in [0.29, 0.717) is 50.0 Å². The van der Waals surface area contributed by atoms with Crippen molar-refractivity contribution in [1.82, 2.24) is 0 Å². The van der Waals surface area contributed by atoms with Gasteiger partial charge in [-0.2, -0.15) is 0 Å². The van der Waals surface area contributed by atoms with Crippen molar-refractivity contribution in [3.8, 4) is 5.75 Å². The maximum atomic E-state index is 10.9. The van der Waals surface area contributed by atoms with Gasteiger partial charge in [-0.25, -0.2) is 0 Å². The molecule has 0 bridgehead atoms. The molecule has 0 spiro atoms. The molecule has 1 aliphatic heterocycles. The minimum Gasteiger partial charge on any atom is -0.494 e. The molecule has 1 aliphatic rings. The number of halogens is 1. The summed E-state index contributed by atoms with van der Waals surface area (Å²) in [6.07, 6.45) is -2.58. The Morgan fingerprint density at radius 3 is 1.57 bits per heavy atom. The number of hydrogen-bond acceptors (Lipinski definition) is 7. The molecule has 0 saturated carbocycles. The molecular formula is C50H51ClO7. The minimum atomic E-state index is -0.690. The predicted molar refractivity (Wildman–Crippen MR) is 227 cm³/mol. The highest BCUT2D eigenvalue weighted by Gasteiger charge is 2.49. The van der Waals surface area contributed by atoms with E-state index >= 15 is 0 Å². The number of aliphatic hydroxyl groups is 1. The Hall–Kier alpha value is -4.83. The summed E-state index contributed by atoms with van der Waals surface area (Å²) in [7, 11) is 0. The van der Waals surface area contributed by atoms with E-state index in [1.54, 1.807) is 0 Å². The van der Waals surface area contributed by atoms with Gasteiger partial charge in [0.15, 0.2) is 0 Å². The second kappa shape index (κ2) is 21.3. The van der Waals surface area contributed by atoms with Crippen molar-refractivity contribution in [3.63, 3.8) is 0 Å². The number of ether oxygens (including phenoxy) is 6. The Morgan fingerprint density at radius 2 is 1.05 bits per heavy atom. The number of rotatable bonds is 19. The molecule has 5 atom stereocenters. The van der Waals surface area contributed by atoms with Crippen molar-refractivity contribution >= 4 is 11.6 Å². The Bertz CT molecular complexity index is 2100. The van der Waals surface area contributed by atoms with Crippen LogP contribution in [0.2, 0.25) is 5.02 Å². The van der Waals surface area contributed by atoms with Gasteiger partial charge in [0.2, 0.25) is 0 Å². The van der Waals surface area contributed by atoms with Crippen LogP contribution in [0.25, 0.3) is 0 Å². The maximum absolute atomic E-state index is 10.9. The van der Waals surface area contributed by atoms with Crippen LogP contribution in [0.15, 0.2) is 158 Å². The fraction of sp³-hybridized carbons (Fsp3) is 0.280. The van der Waals surface area contributed by atoms with Crippen LogP contribution in [0.3, 0.4) is 0 Å². The summed E-state index contributed by atoms with van der Waals surface area (Å²) < 4.78 is 40.1. The van der Waals surface area contributed by atoms with Gasteiger partial charge >= 0.3 is 0 Å². The van der Waals surface area contributed by atoms with E-state index in [9.17, 15) is 5.11 Å². The first-order chi connectivity index (χ1) is 28.6. The lowest BCUT2D eigenvalue weighted by atomic mass is 9.87. The second-order valence-electron chi connectivity index (χ2n) is 14.4. The van der Waals surface area contributed by atoms with Crippen LogP contribution in [-0.4, -0.2) is 42.7 Å². The molecule has 300 valence electrons. The molecule has 1 fully saturated rings. The van der Waals surface area contributed by atoms with Crippen LogP contribution in [-0.2, 0) is 63.1 Å². The highest BCUT2D eigenvalue weighted by molar-refractivity contribution is 6.31. The lowest BCUT2D eigenvalue weighted by molar-refractivity contribution is -0.275. The number of benzene rings is 6. The van der Waals surface area contributed by atoms with Gasteiger partial charge in [-0.05, 0) is 76.1 Å². The molecule has 6 aromatic rings. The summed E-state index contributed by atoms with van der Waals surface area (Å²) in [5.74, 6) is 0.814. The fourth-order valence-electron chi connectivity index (χ4n) is 7.35. The Balaban J connectivity index is 1.29. The minimum absolute atomic E-state index is 0.225. The molecule has 58 heavy (non-hydrogen) atoms. The third kappa shape index (κ3) is 11.2. The molecule has 5 unspecified atom stereocenters. The van der Waals surface area contributed by atoms with E-state index < -0.39 is 30.5 Å². The van der Waals surface area contributed by atoms with Crippen molar-refractivity contribution in [2.45, 2.75) is 76.9 Å². The summed E-state index contributed by atoms with van der Waals surface area (Å²) >= 11 is 6.98. The third-order valence-electron chi connectivity index (χ3n) is 10.3. The molecule has 1 heterocycles. The molecule has 6 aromatic carbocycles. The highest BCUT2D eigenvalue weighted by Crippen LogP contribution is 2.41. The van der Waals surface area contributed by atoms with Gasteiger partial charge in [0.25, 0.3) is 0 Å². The second-order valence-corrected chi connectivity index (χ2v) is 14.8. The van der Waals surface area contributed by atoms with Crippen LogP contribution >= 0.6 is 11.6 Å². The van der Waals surface area contributed by atoms with Crippen LogP contribution in [0.1, 0.15) is 57.5 Å². The first-order valence-corrected chi connectivity index (χ1v) is 20.3. The van der Waals surface area contributed by atoms with Crippen LogP contribution in [0.5, 0.6) is 5.75 Å². The van der Waals surface area contributed by atoms with Crippen molar-refractivity contribution in [2.75, 3.05) is 13.2 Å². The first-order valence-electron chi connectivity index (χ1n) is 20.0. The SMILES string of the molecule is CCOc1ccc(Cc2cc(C3OC(COCc4ccccc4)C(OCc4ccccc4)C(OCc4ccccc4)C3OCc3ccccc3)c(CO)cc2Cl)cc1. The van der Waals surface area contributed by atoms with E-state index in [-0.39, 0.29) is 13.2 Å². The monoisotopic (exact) mass is 798 g/mol. The van der Waals surface area contributed by atoms with Crippen molar-refractivity contribution in [2.24, 2.45) is 0 Å². The van der Waals surface area contributed by atoms with E-state index in [1.807, 2.05) is 159 Å². The smallest absolute Gasteiger partial charge is 0.119 e. The van der Waals surface area contributed by atoms with Crippen LogP contribution in [0, 0.1) is 0 Å². The fourth-order valence-corrected chi connectivity index (χ4v) is 7.60. The molecule has 7 rings (SSSR count). The van der Waals surface area contributed by atoms with Crippen LogP contribution in [0.4, 0.5) is 0 Å². The van der Waals surface area contributed by atoms with Crippen LogP contribution < -0.4 is 4.74 Å². The van der Waals surface area contributed by atoms with Gasteiger partial charge in [0, 0.05) is 5.02 Å². The van der Waals surface area contributed by atoms with Gasteiger partial charge < -0.3 is 33.5 Å². The molecule has 8 heteroatoms. The molecule has 7 nitrogen and oxygen atoms in total. The standard InChI is InChI=1S/C50H51ClO7/c1-2-54-43-25-23-36(24-26-43)27-41-28-44(42(30-52)29-45(41)51)47-49(56-33-39-19-11-5-12-20-39)50(57-34-40-21-13-6-14-22-40)48(55-32-38-17-9-4-10-18-38)46(58-47)35-53-31-37-15-7-3-8-16-37/h3-26,28-29,46-50,52H,2,27,30-35H2,1H3. The van der Waals surface area contributed by atoms with Gasteiger partial charge in [-0.1, -0.05) is 151 Å². The van der Waals surface area contributed by atoms with Gasteiger partial charge in [-0.3, -0.25) is 0 Å². The van der Waals surface area contributed by atoms with Crippen molar-refractivity contribution in [3.05, 3.63) is 207 Å². The lowest BCUT2D eigenvalue weighted by Gasteiger charge is -2.47. The molecule has 0 amide bonds. The quantitative estimate of drug-likeness (QED) is 0.0875. The van der Waals surface area contributed by atoms with Gasteiger partial charge in [0.05, 0.1) is 46.2 Å². The Morgan fingerprint density at radius 1 is 0.552 bits per heavy atom. The summed E-state index contributed by atoms with van der Waals surface area (Å²) in [5, 5.41) is 11.5.